The first-order chi connectivity index (χ1) is 9.72. The van der Waals surface area contributed by atoms with Crippen LogP contribution in [0.3, 0.4) is 0 Å². The quantitative estimate of drug-likeness (QED) is 0.819. The van der Waals surface area contributed by atoms with Gasteiger partial charge in [-0.3, -0.25) is 0 Å². The molecule has 0 N–H and O–H groups in total. The second-order valence-electron chi connectivity index (χ2n) is 4.63. The number of aryl methyl sites for hydroxylation is 1. The number of nitriles is 1. The summed E-state index contributed by atoms with van der Waals surface area (Å²) in [7, 11) is 1.60. The smallest absolute Gasteiger partial charge is 0.136 e. The molecule has 2 nitrogen and oxygen atoms in total. The van der Waals surface area contributed by atoms with E-state index in [0.29, 0.717) is 11.3 Å². The maximum absolute atomic E-state index is 8.96. The minimum absolute atomic E-state index is 0.583. The molecule has 102 valence electrons. The van der Waals surface area contributed by atoms with Crippen molar-refractivity contribution in [1.29, 1.82) is 5.26 Å². The van der Waals surface area contributed by atoms with Gasteiger partial charge in [0.05, 0.1) is 12.7 Å². The lowest BCUT2D eigenvalue weighted by Gasteiger charge is -2.07. The number of ether oxygens (including phenoxy) is 1. The number of methoxy groups -OCH3 is 1. The second-order valence-corrected chi connectivity index (χ2v) is 5.61. The molecule has 0 aromatic heterocycles. The Balaban J connectivity index is 1.96. The summed E-state index contributed by atoms with van der Waals surface area (Å²) in [6, 6.07) is 16.5. The Morgan fingerprint density at radius 3 is 2.50 bits per heavy atom. The molecule has 0 aliphatic carbocycles. The maximum Gasteiger partial charge on any atom is 0.136 e. The highest BCUT2D eigenvalue weighted by molar-refractivity contribution is 7.97. The van der Waals surface area contributed by atoms with Crippen LogP contribution in [-0.2, 0) is 11.5 Å². The van der Waals surface area contributed by atoms with Crippen molar-refractivity contribution in [2.45, 2.75) is 18.4 Å². The fraction of sp³-hybridized carbons (Fsp3) is 0.235. The van der Waals surface area contributed by atoms with Gasteiger partial charge in [-0.25, -0.2) is 0 Å². The molecule has 0 heterocycles. The highest BCUT2D eigenvalue weighted by Crippen LogP contribution is 2.24. The summed E-state index contributed by atoms with van der Waals surface area (Å²) in [6.45, 7) is 2.11. The van der Waals surface area contributed by atoms with Gasteiger partial charge in [-0.2, -0.15) is 17.0 Å². The molecule has 0 saturated carbocycles. The van der Waals surface area contributed by atoms with Crippen LogP contribution in [0.1, 0.15) is 22.3 Å². The molecule has 0 spiro atoms. The third-order valence-corrected chi connectivity index (χ3v) is 4.08. The van der Waals surface area contributed by atoms with Crippen LogP contribution in [-0.4, -0.2) is 7.11 Å². The van der Waals surface area contributed by atoms with Gasteiger partial charge >= 0.3 is 0 Å². The summed E-state index contributed by atoms with van der Waals surface area (Å²) in [5, 5.41) is 8.96. The Morgan fingerprint density at radius 1 is 1.10 bits per heavy atom. The molecular weight excluding hydrogens is 266 g/mol. The average molecular weight is 283 g/mol. The van der Waals surface area contributed by atoms with Crippen LogP contribution < -0.4 is 4.74 Å². The van der Waals surface area contributed by atoms with E-state index >= 15 is 0 Å². The van der Waals surface area contributed by atoms with Gasteiger partial charge in [0.25, 0.3) is 0 Å². The van der Waals surface area contributed by atoms with Gasteiger partial charge in [0.15, 0.2) is 0 Å². The van der Waals surface area contributed by atoms with Gasteiger partial charge in [0, 0.05) is 11.5 Å². The zero-order chi connectivity index (χ0) is 14.4. The van der Waals surface area contributed by atoms with Gasteiger partial charge in [0.2, 0.25) is 0 Å². The molecule has 20 heavy (non-hydrogen) atoms. The third kappa shape index (κ3) is 3.79. The molecule has 2 aromatic rings. The Kier molecular flexibility index (Phi) is 5.09. The van der Waals surface area contributed by atoms with Crippen LogP contribution >= 0.6 is 11.8 Å². The van der Waals surface area contributed by atoms with Crippen molar-refractivity contribution in [3.05, 3.63) is 64.7 Å². The summed E-state index contributed by atoms with van der Waals surface area (Å²) in [5.74, 6) is 2.56. The van der Waals surface area contributed by atoms with Gasteiger partial charge in [-0.1, -0.05) is 35.9 Å². The SMILES string of the molecule is COc1cc(CSCc2cccc(C)c2)ccc1C#N. The van der Waals surface area contributed by atoms with Gasteiger partial charge in [0.1, 0.15) is 11.8 Å². The topological polar surface area (TPSA) is 33.0 Å². The van der Waals surface area contributed by atoms with Crippen LogP contribution in [0.25, 0.3) is 0 Å². The molecule has 2 rings (SSSR count). The Morgan fingerprint density at radius 2 is 1.85 bits per heavy atom. The van der Waals surface area contributed by atoms with Crippen molar-refractivity contribution in [1.82, 2.24) is 0 Å². The lowest BCUT2D eigenvalue weighted by Crippen LogP contribution is -1.90. The van der Waals surface area contributed by atoms with Crippen molar-refractivity contribution in [3.63, 3.8) is 0 Å². The fourth-order valence-corrected chi connectivity index (χ4v) is 2.94. The number of nitrogens with zero attached hydrogens (tertiary/aromatic N) is 1. The maximum atomic E-state index is 8.96. The van der Waals surface area contributed by atoms with Crippen molar-refractivity contribution < 1.29 is 4.74 Å². The van der Waals surface area contributed by atoms with E-state index in [-0.39, 0.29) is 0 Å². The summed E-state index contributed by atoms with van der Waals surface area (Å²) in [5.41, 5.74) is 4.40. The number of hydrogen-bond donors (Lipinski definition) is 0. The highest BCUT2D eigenvalue weighted by Gasteiger charge is 2.04. The van der Waals surface area contributed by atoms with E-state index in [1.807, 2.05) is 30.0 Å². The van der Waals surface area contributed by atoms with E-state index in [1.54, 1.807) is 7.11 Å². The summed E-state index contributed by atoms with van der Waals surface area (Å²) in [6.07, 6.45) is 0. The first-order valence-corrected chi connectivity index (χ1v) is 7.58. The van der Waals surface area contributed by atoms with Crippen molar-refractivity contribution in [3.8, 4) is 11.8 Å². The van der Waals surface area contributed by atoms with Gasteiger partial charge in [-0.15, -0.1) is 0 Å². The first kappa shape index (κ1) is 14.5. The van der Waals surface area contributed by atoms with Crippen LogP contribution in [0.4, 0.5) is 0 Å². The number of thioether (sulfide) groups is 1. The van der Waals surface area contributed by atoms with Crippen LogP contribution in [0.15, 0.2) is 42.5 Å². The average Bonchev–Trinajstić information content (AvgIpc) is 2.47. The minimum Gasteiger partial charge on any atom is -0.495 e. The lowest BCUT2D eigenvalue weighted by atomic mass is 10.1. The molecule has 0 aliphatic rings. The monoisotopic (exact) mass is 283 g/mol. The number of hydrogen-bond acceptors (Lipinski definition) is 3. The Bertz CT molecular complexity index is 631. The van der Waals surface area contributed by atoms with E-state index in [2.05, 4.69) is 37.3 Å². The van der Waals surface area contributed by atoms with E-state index in [4.69, 9.17) is 10.00 Å². The predicted molar refractivity (Wildman–Crippen MR) is 83.9 cm³/mol. The largest absolute Gasteiger partial charge is 0.495 e. The highest BCUT2D eigenvalue weighted by atomic mass is 32.2. The van der Waals surface area contributed by atoms with Crippen molar-refractivity contribution >= 4 is 11.8 Å². The molecule has 2 aromatic carbocycles. The standard InChI is InChI=1S/C17H17NOS/c1-13-4-3-5-14(8-13)11-20-12-15-6-7-16(10-18)17(9-15)19-2/h3-9H,11-12H2,1-2H3. The zero-order valence-electron chi connectivity index (χ0n) is 11.7. The Hall–Kier alpha value is -1.92. The Labute approximate surface area is 124 Å². The normalized spacial score (nSPS) is 10.1. The molecule has 0 radical (unpaired) electrons. The van der Waals surface area contributed by atoms with Crippen molar-refractivity contribution in [2.75, 3.05) is 7.11 Å². The molecule has 0 aliphatic heterocycles. The molecule has 0 saturated heterocycles. The molecule has 0 bridgehead atoms. The van der Waals surface area contributed by atoms with Gasteiger partial charge in [-0.05, 0) is 30.2 Å². The van der Waals surface area contributed by atoms with E-state index < -0.39 is 0 Å². The van der Waals surface area contributed by atoms with Crippen molar-refractivity contribution in [2.24, 2.45) is 0 Å². The van der Waals surface area contributed by atoms with Crippen LogP contribution in [0.5, 0.6) is 5.75 Å². The molecule has 0 amide bonds. The van der Waals surface area contributed by atoms with Crippen LogP contribution in [0, 0.1) is 18.3 Å². The van der Waals surface area contributed by atoms with E-state index in [0.717, 1.165) is 11.5 Å². The summed E-state index contributed by atoms with van der Waals surface area (Å²) < 4.78 is 5.23. The molecular formula is C17H17NOS. The van der Waals surface area contributed by atoms with Crippen LogP contribution in [0.2, 0.25) is 0 Å². The number of benzene rings is 2. The summed E-state index contributed by atoms with van der Waals surface area (Å²) in [4.78, 5) is 0. The zero-order valence-corrected chi connectivity index (χ0v) is 12.5. The fourth-order valence-electron chi connectivity index (χ4n) is 2.01. The van der Waals surface area contributed by atoms with E-state index in [9.17, 15) is 0 Å². The number of rotatable bonds is 5. The second kappa shape index (κ2) is 7.02. The van der Waals surface area contributed by atoms with Gasteiger partial charge < -0.3 is 4.74 Å². The molecule has 0 fully saturated rings. The molecule has 0 atom stereocenters. The minimum atomic E-state index is 0.583. The third-order valence-electron chi connectivity index (χ3n) is 3.01. The molecule has 3 heteroatoms. The lowest BCUT2D eigenvalue weighted by molar-refractivity contribution is 0.413. The van der Waals surface area contributed by atoms with E-state index in [1.165, 1.54) is 16.7 Å². The first-order valence-electron chi connectivity index (χ1n) is 6.43. The molecule has 0 unspecified atom stereocenters. The summed E-state index contributed by atoms with van der Waals surface area (Å²) >= 11 is 1.86. The predicted octanol–water partition coefficient (Wildman–Crippen LogP) is 4.31.